The Kier molecular flexibility index (Phi) is 6.77. The number of aryl methyl sites for hydroxylation is 1. The first-order valence-electron chi connectivity index (χ1n) is 11.3. The number of sulfonamides is 1. The molecule has 2 aromatic rings. The minimum atomic E-state index is -3.56. The topological polar surface area (TPSA) is 75.5 Å². The van der Waals surface area contributed by atoms with Gasteiger partial charge in [-0.1, -0.05) is 36.8 Å². The molecule has 2 aliphatic rings. The standard InChI is InChI=1S/C23H32N4O3S/c1-25-17-22(24-18-25)31(29,30)27-15-11-20(12-16-27)21-9-5-6-13-26(23(21)28)14-10-19-7-3-2-4-8-19/h2-4,7-8,17-18,20-21H,5-6,9-16H2,1H3/t21-/m0/s1. The Morgan fingerprint density at radius 3 is 2.45 bits per heavy atom. The number of imidazole rings is 1. The smallest absolute Gasteiger partial charge is 0.262 e. The van der Waals surface area contributed by atoms with Gasteiger partial charge in [0.05, 0.1) is 6.33 Å². The van der Waals surface area contributed by atoms with Crippen LogP contribution in [0.3, 0.4) is 0 Å². The number of piperidine rings is 1. The van der Waals surface area contributed by atoms with E-state index in [4.69, 9.17) is 0 Å². The molecular weight excluding hydrogens is 412 g/mol. The lowest BCUT2D eigenvalue weighted by molar-refractivity contribution is -0.137. The fourth-order valence-electron chi connectivity index (χ4n) is 4.88. The van der Waals surface area contributed by atoms with Crippen LogP contribution in [0.15, 0.2) is 47.9 Å². The van der Waals surface area contributed by atoms with Crippen LogP contribution in [0.2, 0.25) is 0 Å². The first-order valence-corrected chi connectivity index (χ1v) is 12.7. The van der Waals surface area contributed by atoms with E-state index in [9.17, 15) is 13.2 Å². The number of hydrogen-bond acceptors (Lipinski definition) is 4. The van der Waals surface area contributed by atoms with Gasteiger partial charge in [0.15, 0.2) is 5.03 Å². The normalized spacial score (nSPS) is 21.9. The van der Waals surface area contributed by atoms with Crippen molar-refractivity contribution < 1.29 is 13.2 Å². The molecule has 31 heavy (non-hydrogen) atoms. The van der Waals surface area contributed by atoms with E-state index >= 15 is 0 Å². The number of aromatic nitrogens is 2. The summed E-state index contributed by atoms with van der Waals surface area (Å²) in [6, 6.07) is 10.3. The van der Waals surface area contributed by atoms with Crippen molar-refractivity contribution in [3.05, 3.63) is 48.4 Å². The second-order valence-corrected chi connectivity index (χ2v) is 10.7. The molecule has 2 fully saturated rings. The van der Waals surface area contributed by atoms with E-state index in [-0.39, 0.29) is 22.8 Å². The van der Waals surface area contributed by atoms with Crippen LogP contribution in [-0.2, 0) is 28.3 Å². The van der Waals surface area contributed by atoms with Gasteiger partial charge in [-0.2, -0.15) is 4.31 Å². The molecule has 7 nitrogen and oxygen atoms in total. The summed E-state index contributed by atoms with van der Waals surface area (Å²) in [6.07, 6.45) is 8.41. The average Bonchev–Trinajstić information content (AvgIpc) is 3.15. The lowest BCUT2D eigenvalue weighted by Gasteiger charge is -2.35. The maximum absolute atomic E-state index is 13.4. The quantitative estimate of drug-likeness (QED) is 0.687. The molecule has 1 aromatic carbocycles. The summed E-state index contributed by atoms with van der Waals surface area (Å²) in [5.41, 5.74) is 1.25. The summed E-state index contributed by atoms with van der Waals surface area (Å²) in [7, 11) is -1.80. The van der Waals surface area contributed by atoms with E-state index in [0.29, 0.717) is 13.1 Å². The molecule has 1 atom stereocenters. The average molecular weight is 445 g/mol. The van der Waals surface area contributed by atoms with Crippen LogP contribution in [0.5, 0.6) is 0 Å². The molecule has 2 saturated heterocycles. The number of carbonyl (C=O) groups excluding carboxylic acids is 1. The monoisotopic (exact) mass is 444 g/mol. The maximum Gasteiger partial charge on any atom is 0.262 e. The highest BCUT2D eigenvalue weighted by Gasteiger charge is 2.38. The van der Waals surface area contributed by atoms with Gasteiger partial charge in [-0.25, -0.2) is 13.4 Å². The van der Waals surface area contributed by atoms with Crippen molar-refractivity contribution in [2.75, 3.05) is 26.2 Å². The van der Waals surface area contributed by atoms with Crippen molar-refractivity contribution >= 4 is 15.9 Å². The lowest BCUT2D eigenvalue weighted by Crippen LogP contribution is -2.44. The van der Waals surface area contributed by atoms with Gasteiger partial charge >= 0.3 is 0 Å². The van der Waals surface area contributed by atoms with Crippen molar-refractivity contribution in [2.45, 2.75) is 43.6 Å². The van der Waals surface area contributed by atoms with Crippen LogP contribution in [-0.4, -0.2) is 59.3 Å². The second kappa shape index (κ2) is 9.53. The van der Waals surface area contributed by atoms with Crippen LogP contribution in [0.4, 0.5) is 0 Å². The van der Waals surface area contributed by atoms with Crippen molar-refractivity contribution in [1.29, 1.82) is 0 Å². The molecule has 0 radical (unpaired) electrons. The SMILES string of the molecule is Cn1cnc(S(=O)(=O)N2CCC([C@@H]3CCCCN(CCc4ccccc4)C3=O)CC2)c1. The number of hydrogen-bond donors (Lipinski definition) is 0. The zero-order valence-corrected chi connectivity index (χ0v) is 19.0. The predicted molar refractivity (Wildman–Crippen MR) is 119 cm³/mol. The summed E-state index contributed by atoms with van der Waals surface area (Å²) in [5.74, 6) is 0.525. The molecule has 168 valence electrons. The van der Waals surface area contributed by atoms with Gasteiger partial charge in [-0.05, 0) is 43.6 Å². The summed E-state index contributed by atoms with van der Waals surface area (Å²) < 4.78 is 28.9. The van der Waals surface area contributed by atoms with Crippen LogP contribution < -0.4 is 0 Å². The van der Waals surface area contributed by atoms with Crippen LogP contribution >= 0.6 is 0 Å². The zero-order chi connectivity index (χ0) is 21.8. The highest BCUT2D eigenvalue weighted by Crippen LogP contribution is 2.33. The lowest BCUT2D eigenvalue weighted by atomic mass is 9.81. The molecular formula is C23H32N4O3S. The van der Waals surface area contributed by atoms with Crippen LogP contribution in [0.25, 0.3) is 0 Å². The minimum absolute atomic E-state index is 0.0120. The number of nitrogens with zero attached hydrogens (tertiary/aromatic N) is 4. The first-order chi connectivity index (χ1) is 14.9. The van der Waals surface area contributed by atoms with Crippen LogP contribution in [0, 0.1) is 11.8 Å². The highest BCUT2D eigenvalue weighted by molar-refractivity contribution is 7.89. The summed E-state index contributed by atoms with van der Waals surface area (Å²) in [6.45, 7) is 2.50. The van der Waals surface area contributed by atoms with Gasteiger partial charge < -0.3 is 9.47 Å². The Balaban J connectivity index is 1.37. The first kappa shape index (κ1) is 22.0. The van der Waals surface area contributed by atoms with Crippen molar-refractivity contribution in [1.82, 2.24) is 18.8 Å². The van der Waals surface area contributed by atoms with Gasteiger partial charge in [0, 0.05) is 45.3 Å². The molecule has 0 N–H and O–H groups in total. The van der Waals surface area contributed by atoms with E-state index < -0.39 is 10.0 Å². The largest absolute Gasteiger partial charge is 0.342 e. The summed E-state index contributed by atoms with van der Waals surface area (Å²) in [5, 5.41) is 0.103. The van der Waals surface area contributed by atoms with E-state index in [1.165, 1.54) is 16.2 Å². The Hall–Kier alpha value is -2.19. The summed E-state index contributed by atoms with van der Waals surface area (Å²) in [4.78, 5) is 19.4. The van der Waals surface area contributed by atoms with Crippen molar-refractivity contribution in [3.8, 4) is 0 Å². The van der Waals surface area contributed by atoms with Gasteiger partial charge in [0.25, 0.3) is 10.0 Å². The molecule has 0 aliphatic carbocycles. The molecule has 2 aliphatic heterocycles. The maximum atomic E-state index is 13.4. The third kappa shape index (κ3) is 5.01. The molecule has 0 bridgehead atoms. The Bertz CT molecular complexity index is 981. The third-order valence-corrected chi connectivity index (χ3v) is 8.47. The molecule has 3 heterocycles. The van der Waals surface area contributed by atoms with E-state index in [1.807, 2.05) is 23.1 Å². The Morgan fingerprint density at radius 1 is 1.03 bits per heavy atom. The Morgan fingerprint density at radius 2 is 1.77 bits per heavy atom. The zero-order valence-electron chi connectivity index (χ0n) is 18.2. The molecule has 8 heteroatoms. The fourth-order valence-corrected chi connectivity index (χ4v) is 6.31. The van der Waals surface area contributed by atoms with Crippen molar-refractivity contribution in [2.24, 2.45) is 18.9 Å². The van der Waals surface area contributed by atoms with Gasteiger partial charge in [-0.15, -0.1) is 0 Å². The van der Waals surface area contributed by atoms with Gasteiger partial charge in [0.1, 0.15) is 0 Å². The molecule has 4 rings (SSSR count). The molecule has 1 aromatic heterocycles. The van der Waals surface area contributed by atoms with E-state index in [2.05, 4.69) is 17.1 Å². The molecule has 0 spiro atoms. The minimum Gasteiger partial charge on any atom is -0.342 e. The molecule has 0 unspecified atom stereocenters. The molecule has 1 amide bonds. The fraction of sp³-hybridized carbons (Fsp3) is 0.565. The van der Waals surface area contributed by atoms with Gasteiger partial charge in [0.2, 0.25) is 5.91 Å². The van der Waals surface area contributed by atoms with E-state index in [0.717, 1.165) is 51.6 Å². The number of likely N-dealkylation sites (tertiary alicyclic amines) is 1. The Labute approximate surface area is 185 Å². The van der Waals surface area contributed by atoms with Crippen molar-refractivity contribution in [3.63, 3.8) is 0 Å². The third-order valence-electron chi connectivity index (χ3n) is 6.69. The predicted octanol–water partition coefficient (Wildman–Crippen LogP) is 2.69. The van der Waals surface area contributed by atoms with Crippen LogP contribution in [0.1, 0.15) is 37.7 Å². The number of carbonyl (C=O) groups is 1. The number of amides is 1. The van der Waals surface area contributed by atoms with E-state index in [1.54, 1.807) is 17.8 Å². The summed E-state index contributed by atoms with van der Waals surface area (Å²) >= 11 is 0. The highest BCUT2D eigenvalue weighted by atomic mass is 32.2. The number of benzene rings is 1. The van der Waals surface area contributed by atoms with Gasteiger partial charge in [-0.3, -0.25) is 4.79 Å². The molecule has 0 saturated carbocycles. The second-order valence-electron chi connectivity index (χ2n) is 8.78. The number of rotatable bonds is 6.